The van der Waals surface area contributed by atoms with Crippen LogP contribution in [0.5, 0.6) is 0 Å². The first-order valence-electron chi connectivity index (χ1n) is 12.8. The number of carbonyl (C=O) groups is 1. The Hall–Kier alpha value is -1.67. The molecule has 9 atom stereocenters. The molecule has 0 aromatic carbocycles. The van der Waals surface area contributed by atoms with E-state index < -0.39 is 5.60 Å². The molecule has 174 valence electrons. The zero-order valence-electron chi connectivity index (χ0n) is 20.2. The van der Waals surface area contributed by atoms with Crippen LogP contribution in [0.15, 0.2) is 12.4 Å². The first-order chi connectivity index (χ1) is 15.1. The molecule has 4 fully saturated rings. The first kappa shape index (κ1) is 22.1. The van der Waals surface area contributed by atoms with Crippen LogP contribution in [0.3, 0.4) is 0 Å². The van der Waals surface area contributed by atoms with Crippen LogP contribution in [0.2, 0.25) is 0 Å². The monoisotopic (exact) mass is 437 g/mol. The van der Waals surface area contributed by atoms with Gasteiger partial charge in [0.15, 0.2) is 5.78 Å². The van der Waals surface area contributed by atoms with Gasteiger partial charge < -0.3 is 5.11 Å². The zero-order valence-corrected chi connectivity index (χ0v) is 20.2. The topological polar surface area (TPSA) is 78.9 Å². The summed E-state index contributed by atoms with van der Waals surface area (Å²) in [5, 5.41) is 24.1. The molecule has 1 aromatic heterocycles. The minimum Gasteiger partial charge on any atom is -0.390 e. The molecule has 4 aliphatic carbocycles. The summed E-state index contributed by atoms with van der Waals surface area (Å²) in [4.78, 5) is 13.7. The number of Topliss-reactive ketones (excluding diaryl/α,β-unsaturated/α-hetero) is 1. The molecule has 5 rings (SSSR count). The molecule has 0 radical (unpaired) electrons. The quantitative estimate of drug-likeness (QED) is 0.696. The summed E-state index contributed by atoms with van der Waals surface area (Å²) in [6.45, 7) is 8.90. The summed E-state index contributed by atoms with van der Waals surface area (Å²) in [7, 11) is 0. The third kappa shape index (κ3) is 3.20. The standard InChI is InChI=1S/C27H39N3O2/c1-17(30-16-18(14-28)15-29-30)24(31)23-8-7-21-20-6-5-19-13-25(2,32)11-12-26(19,3)22(20)9-10-27(21,23)4/h15-17,19-23,32H,5-13H2,1-4H3/t17-,19-,20-,21-,22-,23+,25+,26-,27-/m0/s1. The van der Waals surface area contributed by atoms with Gasteiger partial charge in [-0.05, 0) is 106 Å². The lowest BCUT2D eigenvalue weighted by Gasteiger charge is -2.61. The number of nitrogens with zero attached hydrogens (tertiary/aromatic N) is 3. The van der Waals surface area contributed by atoms with Gasteiger partial charge >= 0.3 is 0 Å². The molecule has 0 unspecified atom stereocenters. The lowest BCUT2D eigenvalue weighted by Crippen LogP contribution is -2.55. The van der Waals surface area contributed by atoms with Crippen molar-refractivity contribution in [3.05, 3.63) is 18.0 Å². The van der Waals surface area contributed by atoms with Crippen molar-refractivity contribution in [3.8, 4) is 6.07 Å². The summed E-state index contributed by atoms with van der Waals surface area (Å²) in [5.41, 5.74) is 0.460. The van der Waals surface area contributed by atoms with Crippen LogP contribution in [0.1, 0.15) is 97.1 Å². The average Bonchev–Trinajstić information content (AvgIpc) is 3.37. The van der Waals surface area contributed by atoms with Gasteiger partial charge in [0.05, 0.1) is 17.4 Å². The normalized spacial score (nSPS) is 46.4. The lowest BCUT2D eigenvalue weighted by molar-refractivity contribution is -0.151. The predicted molar refractivity (Wildman–Crippen MR) is 123 cm³/mol. The van der Waals surface area contributed by atoms with Gasteiger partial charge in [-0.15, -0.1) is 0 Å². The number of fused-ring (bicyclic) bond motifs is 5. The van der Waals surface area contributed by atoms with Crippen LogP contribution in [-0.4, -0.2) is 26.3 Å². The number of carbonyl (C=O) groups excluding carboxylic acids is 1. The third-order valence-electron chi connectivity index (χ3n) is 10.8. The van der Waals surface area contributed by atoms with Gasteiger partial charge in [-0.1, -0.05) is 13.8 Å². The Morgan fingerprint density at radius 3 is 2.59 bits per heavy atom. The molecule has 0 saturated heterocycles. The third-order valence-corrected chi connectivity index (χ3v) is 10.8. The molecule has 0 bridgehead atoms. The fourth-order valence-corrected chi connectivity index (χ4v) is 8.93. The number of rotatable bonds is 3. The first-order valence-corrected chi connectivity index (χ1v) is 12.8. The lowest BCUT2D eigenvalue weighted by atomic mass is 9.44. The highest BCUT2D eigenvalue weighted by molar-refractivity contribution is 5.85. The Morgan fingerprint density at radius 1 is 1.12 bits per heavy atom. The average molecular weight is 438 g/mol. The molecule has 5 nitrogen and oxygen atoms in total. The largest absolute Gasteiger partial charge is 0.390 e. The number of nitriles is 1. The highest BCUT2D eigenvalue weighted by atomic mass is 16.3. The van der Waals surface area contributed by atoms with Crippen molar-refractivity contribution >= 4 is 5.78 Å². The van der Waals surface area contributed by atoms with Gasteiger partial charge in [0.25, 0.3) is 0 Å². The molecule has 32 heavy (non-hydrogen) atoms. The molecule has 0 spiro atoms. The highest BCUT2D eigenvalue weighted by Gasteiger charge is 2.62. The maximum atomic E-state index is 13.7. The van der Waals surface area contributed by atoms with Crippen molar-refractivity contribution in [1.82, 2.24) is 9.78 Å². The van der Waals surface area contributed by atoms with Crippen LogP contribution in [0.4, 0.5) is 0 Å². The van der Waals surface area contributed by atoms with E-state index in [2.05, 4.69) is 25.0 Å². The molecule has 4 saturated carbocycles. The van der Waals surface area contributed by atoms with Crippen LogP contribution in [0.25, 0.3) is 0 Å². The number of aromatic nitrogens is 2. The minimum atomic E-state index is -0.487. The molecular weight excluding hydrogens is 398 g/mol. The molecule has 4 aliphatic rings. The van der Waals surface area contributed by atoms with E-state index in [1.807, 2.05) is 13.8 Å². The van der Waals surface area contributed by atoms with Crippen LogP contribution >= 0.6 is 0 Å². The SMILES string of the molecule is C[C@@H](C(=O)[C@H]1CC[C@H]2[C@@H]3CC[C@H]4C[C@](C)(O)CC[C@]4(C)[C@H]3CC[C@]12C)n1cc(C#N)cn1. The zero-order chi connectivity index (χ0) is 22.9. The second-order valence-electron chi connectivity index (χ2n) is 12.4. The molecule has 5 heteroatoms. The Morgan fingerprint density at radius 2 is 1.88 bits per heavy atom. The molecule has 0 amide bonds. The summed E-state index contributed by atoms with van der Waals surface area (Å²) in [6.07, 6.45) is 13.3. The number of hydrogen-bond donors (Lipinski definition) is 1. The Labute approximate surface area is 192 Å². The van der Waals surface area contributed by atoms with E-state index in [1.165, 1.54) is 25.7 Å². The van der Waals surface area contributed by atoms with Crippen LogP contribution in [0, 0.1) is 51.8 Å². The van der Waals surface area contributed by atoms with E-state index in [4.69, 9.17) is 5.26 Å². The second kappa shape index (κ2) is 7.42. The van der Waals surface area contributed by atoms with E-state index in [9.17, 15) is 9.90 Å². The van der Waals surface area contributed by atoms with Gasteiger partial charge in [-0.2, -0.15) is 10.4 Å². The Kier molecular flexibility index (Phi) is 5.13. The summed E-state index contributed by atoms with van der Waals surface area (Å²) < 4.78 is 1.68. The van der Waals surface area contributed by atoms with E-state index in [0.717, 1.165) is 43.9 Å². The maximum Gasteiger partial charge on any atom is 0.160 e. The number of aliphatic hydroxyl groups is 1. The van der Waals surface area contributed by atoms with Crippen molar-refractivity contribution in [2.45, 2.75) is 97.1 Å². The fourth-order valence-electron chi connectivity index (χ4n) is 8.93. The van der Waals surface area contributed by atoms with Gasteiger partial charge in [0, 0.05) is 12.1 Å². The summed E-state index contributed by atoms with van der Waals surface area (Å²) in [5.74, 6) is 3.14. The van der Waals surface area contributed by atoms with Gasteiger partial charge in [0.2, 0.25) is 0 Å². The maximum absolute atomic E-state index is 13.7. The van der Waals surface area contributed by atoms with E-state index in [-0.39, 0.29) is 17.4 Å². The van der Waals surface area contributed by atoms with E-state index >= 15 is 0 Å². The summed E-state index contributed by atoms with van der Waals surface area (Å²) in [6, 6.07) is 1.80. The van der Waals surface area contributed by atoms with Gasteiger partial charge in [-0.25, -0.2) is 0 Å². The van der Waals surface area contributed by atoms with Crippen molar-refractivity contribution in [3.63, 3.8) is 0 Å². The summed E-state index contributed by atoms with van der Waals surface area (Å²) >= 11 is 0. The van der Waals surface area contributed by atoms with E-state index in [1.54, 1.807) is 17.1 Å². The van der Waals surface area contributed by atoms with Gasteiger partial charge in [0.1, 0.15) is 12.1 Å². The van der Waals surface area contributed by atoms with Crippen molar-refractivity contribution in [2.75, 3.05) is 0 Å². The van der Waals surface area contributed by atoms with Crippen LogP contribution < -0.4 is 0 Å². The molecule has 0 aliphatic heterocycles. The Bertz CT molecular complexity index is 945. The number of hydrogen-bond acceptors (Lipinski definition) is 4. The second-order valence-corrected chi connectivity index (χ2v) is 12.4. The van der Waals surface area contributed by atoms with Crippen molar-refractivity contribution < 1.29 is 9.90 Å². The highest BCUT2D eigenvalue weighted by Crippen LogP contribution is 2.68. The smallest absolute Gasteiger partial charge is 0.160 e. The molecule has 1 heterocycles. The van der Waals surface area contributed by atoms with Gasteiger partial charge in [-0.3, -0.25) is 9.48 Å². The predicted octanol–water partition coefficient (Wildman–Crippen LogP) is 5.29. The molecule has 1 aromatic rings. The number of ketones is 1. The fraction of sp³-hybridized carbons (Fsp3) is 0.815. The van der Waals surface area contributed by atoms with Crippen molar-refractivity contribution in [2.24, 2.45) is 40.4 Å². The molecular formula is C27H39N3O2. The van der Waals surface area contributed by atoms with E-state index in [0.29, 0.717) is 28.6 Å². The molecule has 1 N–H and O–H groups in total. The Balaban J connectivity index is 1.36. The minimum absolute atomic E-state index is 0.0844. The van der Waals surface area contributed by atoms with Crippen molar-refractivity contribution in [1.29, 1.82) is 5.26 Å². The van der Waals surface area contributed by atoms with Crippen LogP contribution in [-0.2, 0) is 4.79 Å².